The zero-order valence-electron chi connectivity index (χ0n) is 14.4. The van der Waals surface area contributed by atoms with Gasteiger partial charge < -0.3 is 4.52 Å². The fraction of sp³-hybridized carbons (Fsp3) is 0.278. The first-order chi connectivity index (χ1) is 13.3. The SMILES string of the molecule is O=c1cc(CN2CCC[C@H]2c2nc(-c3ccncc3)no2)nc2sccn12. The molecule has 0 radical (unpaired) electrons. The van der Waals surface area contributed by atoms with Gasteiger partial charge >= 0.3 is 0 Å². The summed E-state index contributed by atoms with van der Waals surface area (Å²) < 4.78 is 7.11. The molecule has 9 heteroatoms. The lowest BCUT2D eigenvalue weighted by atomic mass is 10.2. The summed E-state index contributed by atoms with van der Waals surface area (Å²) in [6, 6.07) is 5.35. The molecule has 1 aliphatic rings. The average Bonchev–Trinajstić information content (AvgIpc) is 3.42. The Morgan fingerprint density at radius 1 is 1.26 bits per heavy atom. The summed E-state index contributed by atoms with van der Waals surface area (Å²) in [5, 5.41) is 5.98. The maximum Gasteiger partial charge on any atom is 0.258 e. The molecule has 0 amide bonds. The van der Waals surface area contributed by atoms with Crippen LogP contribution in [0.5, 0.6) is 0 Å². The molecule has 1 fully saturated rings. The van der Waals surface area contributed by atoms with Crippen LogP contribution in [0.1, 0.15) is 30.5 Å². The number of hydrogen-bond donors (Lipinski definition) is 0. The molecule has 0 N–H and O–H groups in total. The highest BCUT2D eigenvalue weighted by atomic mass is 32.1. The molecule has 1 saturated heterocycles. The summed E-state index contributed by atoms with van der Waals surface area (Å²) in [6.45, 7) is 1.49. The Hall–Kier alpha value is -2.91. The molecule has 4 aromatic heterocycles. The number of rotatable bonds is 4. The van der Waals surface area contributed by atoms with Gasteiger partial charge in [-0.1, -0.05) is 5.16 Å². The smallest absolute Gasteiger partial charge is 0.258 e. The van der Waals surface area contributed by atoms with Crippen molar-refractivity contribution in [2.24, 2.45) is 0 Å². The average molecular weight is 380 g/mol. The molecule has 0 saturated carbocycles. The van der Waals surface area contributed by atoms with Gasteiger partial charge in [0.1, 0.15) is 0 Å². The van der Waals surface area contributed by atoms with E-state index in [4.69, 9.17) is 4.52 Å². The summed E-state index contributed by atoms with van der Waals surface area (Å²) in [4.78, 5) is 28.4. The van der Waals surface area contributed by atoms with Gasteiger partial charge in [0.05, 0.1) is 11.7 Å². The van der Waals surface area contributed by atoms with Crippen LogP contribution < -0.4 is 5.56 Å². The number of nitrogens with zero attached hydrogens (tertiary/aromatic N) is 6. The Balaban J connectivity index is 1.40. The number of pyridine rings is 1. The zero-order valence-corrected chi connectivity index (χ0v) is 15.2. The summed E-state index contributed by atoms with van der Waals surface area (Å²) in [5.74, 6) is 1.17. The van der Waals surface area contributed by atoms with E-state index < -0.39 is 0 Å². The quantitative estimate of drug-likeness (QED) is 0.537. The predicted octanol–water partition coefficient (Wildman–Crippen LogP) is 2.54. The van der Waals surface area contributed by atoms with Gasteiger partial charge in [-0.05, 0) is 31.5 Å². The number of hydrogen-bond acceptors (Lipinski definition) is 8. The minimum absolute atomic E-state index is 0.0386. The Morgan fingerprint density at radius 2 is 2.15 bits per heavy atom. The van der Waals surface area contributed by atoms with Crippen molar-refractivity contribution in [1.82, 2.24) is 29.4 Å². The molecule has 136 valence electrons. The molecule has 27 heavy (non-hydrogen) atoms. The molecule has 5 rings (SSSR count). The largest absolute Gasteiger partial charge is 0.337 e. The topological polar surface area (TPSA) is 89.4 Å². The fourth-order valence-corrected chi connectivity index (χ4v) is 4.20. The van der Waals surface area contributed by atoms with Crippen LogP contribution in [-0.2, 0) is 6.54 Å². The van der Waals surface area contributed by atoms with Gasteiger partial charge in [0, 0.05) is 42.1 Å². The third-order valence-electron chi connectivity index (χ3n) is 4.75. The lowest BCUT2D eigenvalue weighted by Crippen LogP contribution is -2.25. The van der Waals surface area contributed by atoms with E-state index in [-0.39, 0.29) is 11.6 Å². The third-order valence-corrected chi connectivity index (χ3v) is 5.51. The van der Waals surface area contributed by atoms with Gasteiger partial charge in [-0.3, -0.25) is 19.1 Å². The number of likely N-dealkylation sites (tertiary alicyclic amines) is 1. The number of aromatic nitrogens is 5. The highest BCUT2D eigenvalue weighted by Crippen LogP contribution is 2.32. The van der Waals surface area contributed by atoms with E-state index in [1.807, 2.05) is 17.5 Å². The van der Waals surface area contributed by atoms with E-state index in [0.717, 1.165) is 30.6 Å². The molecule has 0 aromatic carbocycles. The van der Waals surface area contributed by atoms with Gasteiger partial charge in [-0.15, -0.1) is 11.3 Å². The summed E-state index contributed by atoms with van der Waals surface area (Å²) >= 11 is 1.46. The van der Waals surface area contributed by atoms with E-state index >= 15 is 0 Å². The molecule has 5 heterocycles. The minimum Gasteiger partial charge on any atom is -0.337 e. The Bertz CT molecular complexity index is 1140. The van der Waals surface area contributed by atoms with Crippen LogP contribution in [-0.4, -0.2) is 36.0 Å². The van der Waals surface area contributed by atoms with E-state index in [0.29, 0.717) is 23.2 Å². The van der Waals surface area contributed by atoms with Crippen LogP contribution in [0.3, 0.4) is 0 Å². The molecular weight excluding hydrogens is 364 g/mol. The molecule has 1 aliphatic heterocycles. The standard InChI is InChI=1S/C18H16N6O2S/c25-15-10-13(20-18-24(15)8-9-27-18)11-23-7-1-2-14(23)17-21-16(22-26-17)12-3-5-19-6-4-12/h3-6,8-10,14H,1-2,7,11H2/t14-/m0/s1. The second-order valence-corrected chi connectivity index (χ2v) is 7.33. The van der Waals surface area contributed by atoms with Crippen molar-refractivity contribution in [1.29, 1.82) is 0 Å². The Morgan fingerprint density at radius 3 is 3.04 bits per heavy atom. The lowest BCUT2D eigenvalue weighted by Gasteiger charge is -2.20. The van der Waals surface area contributed by atoms with E-state index in [1.54, 1.807) is 29.1 Å². The molecule has 1 atom stereocenters. The molecule has 0 spiro atoms. The Labute approximate surface area is 158 Å². The third kappa shape index (κ3) is 3.04. The molecule has 4 aromatic rings. The van der Waals surface area contributed by atoms with Crippen molar-refractivity contribution in [3.05, 3.63) is 64.1 Å². The first-order valence-electron chi connectivity index (χ1n) is 8.72. The monoisotopic (exact) mass is 380 g/mol. The van der Waals surface area contributed by atoms with Crippen LogP contribution >= 0.6 is 11.3 Å². The predicted molar refractivity (Wildman–Crippen MR) is 99.3 cm³/mol. The van der Waals surface area contributed by atoms with Crippen molar-refractivity contribution >= 4 is 16.3 Å². The van der Waals surface area contributed by atoms with E-state index in [9.17, 15) is 4.79 Å². The van der Waals surface area contributed by atoms with Gasteiger partial charge in [-0.25, -0.2) is 4.98 Å². The molecular formula is C18H16N6O2S. The van der Waals surface area contributed by atoms with Crippen molar-refractivity contribution in [2.45, 2.75) is 25.4 Å². The maximum atomic E-state index is 12.2. The molecule has 0 unspecified atom stereocenters. The van der Waals surface area contributed by atoms with Crippen LogP contribution in [0.25, 0.3) is 16.3 Å². The zero-order chi connectivity index (χ0) is 18.2. The number of fused-ring (bicyclic) bond motifs is 1. The maximum absolute atomic E-state index is 12.2. The lowest BCUT2D eigenvalue weighted by molar-refractivity contribution is 0.199. The fourth-order valence-electron chi connectivity index (χ4n) is 3.46. The van der Waals surface area contributed by atoms with Gasteiger partial charge in [-0.2, -0.15) is 4.98 Å². The summed E-state index contributed by atoms with van der Waals surface area (Å²) in [7, 11) is 0. The Kier molecular flexibility index (Phi) is 4.02. The van der Waals surface area contributed by atoms with Crippen LogP contribution in [0.2, 0.25) is 0 Å². The summed E-state index contributed by atoms with van der Waals surface area (Å²) in [6.07, 6.45) is 7.14. The first kappa shape index (κ1) is 16.3. The van der Waals surface area contributed by atoms with Crippen molar-refractivity contribution in [3.8, 4) is 11.4 Å². The van der Waals surface area contributed by atoms with E-state index in [2.05, 4.69) is 25.0 Å². The van der Waals surface area contributed by atoms with Crippen molar-refractivity contribution < 1.29 is 4.52 Å². The van der Waals surface area contributed by atoms with Gasteiger partial charge in [0.15, 0.2) is 4.96 Å². The first-order valence-corrected chi connectivity index (χ1v) is 9.60. The van der Waals surface area contributed by atoms with Crippen molar-refractivity contribution in [2.75, 3.05) is 6.54 Å². The van der Waals surface area contributed by atoms with Crippen LogP contribution in [0.4, 0.5) is 0 Å². The van der Waals surface area contributed by atoms with Crippen LogP contribution in [0.15, 0.2) is 51.5 Å². The number of thiazole rings is 1. The summed E-state index contributed by atoms with van der Waals surface area (Å²) in [5.41, 5.74) is 1.59. The van der Waals surface area contributed by atoms with Gasteiger partial charge in [0.25, 0.3) is 5.56 Å². The van der Waals surface area contributed by atoms with E-state index in [1.165, 1.54) is 11.3 Å². The molecule has 8 nitrogen and oxygen atoms in total. The normalized spacial score (nSPS) is 17.7. The van der Waals surface area contributed by atoms with Gasteiger partial charge in [0.2, 0.25) is 11.7 Å². The minimum atomic E-state index is -0.0511. The highest BCUT2D eigenvalue weighted by Gasteiger charge is 2.31. The molecule has 0 bridgehead atoms. The molecule has 0 aliphatic carbocycles. The highest BCUT2D eigenvalue weighted by molar-refractivity contribution is 7.15. The van der Waals surface area contributed by atoms with Crippen LogP contribution in [0, 0.1) is 0 Å². The second kappa shape index (κ2) is 6.67. The second-order valence-electron chi connectivity index (χ2n) is 6.46. The van der Waals surface area contributed by atoms with Crippen molar-refractivity contribution in [3.63, 3.8) is 0 Å².